The maximum Gasteiger partial charge on any atom is 0.268 e. The van der Waals surface area contributed by atoms with Gasteiger partial charge in [-0.15, -0.1) is 0 Å². The molecule has 9 heteroatoms. The third kappa shape index (κ3) is 33.3. The summed E-state index contributed by atoms with van der Waals surface area (Å²) in [4.78, 5) is 25.1. The molecule has 0 aromatic heterocycles. The largest absolute Gasteiger partial charge is 0.756 e. The summed E-state index contributed by atoms with van der Waals surface area (Å²) in [6, 6.07) is -0.895. The fourth-order valence-corrected chi connectivity index (χ4v) is 6.01. The summed E-state index contributed by atoms with van der Waals surface area (Å²) in [5.74, 6) is -0.210. The number of nitrogens with zero attached hydrogens (tertiary/aromatic N) is 1. The first-order chi connectivity index (χ1) is 22.5. The number of aliphatic hydroxyl groups is 1. The number of carbonyl (C=O) groups is 1. The molecule has 3 atom stereocenters. The summed E-state index contributed by atoms with van der Waals surface area (Å²) in [7, 11) is 1.24. The van der Waals surface area contributed by atoms with Crippen LogP contribution in [0.4, 0.5) is 0 Å². The molecule has 2 N–H and O–H groups in total. The van der Waals surface area contributed by atoms with Gasteiger partial charge in [-0.3, -0.25) is 9.36 Å². The quantitative estimate of drug-likeness (QED) is 0.0303. The van der Waals surface area contributed by atoms with Crippen LogP contribution in [0.25, 0.3) is 0 Å². The average molecular weight is 687 g/mol. The maximum absolute atomic E-state index is 12.7. The Labute approximate surface area is 290 Å². The molecule has 0 spiro atoms. The average Bonchev–Trinajstić information content (AvgIpc) is 3.01. The van der Waals surface area contributed by atoms with Crippen LogP contribution in [0.15, 0.2) is 24.3 Å². The Bertz CT molecular complexity index is 829. The molecule has 0 saturated carbocycles. The molecule has 0 heterocycles. The molecule has 0 aliphatic rings. The summed E-state index contributed by atoms with van der Waals surface area (Å²) in [5, 5.41) is 13.7. The fourth-order valence-electron chi connectivity index (χ4n) is 5.28. The Morgan fingerprint density at radius 3 is 1.72 bits per heavy atom. The number of aliphatic hydroxyl groups excluding tert-OH is 1. The van der Waals surface area contributed by atoms with E-state index in [1.807, 2.05) is 27.2 Å². The smallest absolute Gasteiger partial charge is 0.268 e. The zero-order chi connectivity index (χ0) is 35.1. The molecule has 0 aliphatic carbocycles. The maximum atomic E-state index is 12.7. The predicted octanol–water partition coefficient (Wildman–Crippen LogP) is 9.16. The van der Waals surface area contributed by atoms with E-state index in [0.717, 1.165) is 38.5 Å². The van der Waals surface area contributed by atoms with Crippen molar-refractivity contribution in [3.63, 3.8) is 0 Å². The molecule has 0 radical (unpaired) electrons. The Hall–Kier alpha value is -1.02. The van der Waals surface area contributed by atoms with Crippen molar-refractivity contribution >= 4 is 13.7 Å². The highest BCUT2D eigenvalue weighted by atomic mass is 31.2. The molecule has 0 saturated heterocycles. The molecule has 1 unspecified atom stereocenters. The summed E-state index contributed by atoms with van der Waals surface area (Å²) in [6.07, 6.45) is 33.6. The normalized spacial score (nSPS) is 15.0. The Morgan fingerprint density at radius 2 is 1.19 bits per heavy atom. The number of hydrogen-bond acceptors (Lipinski definition) is 6. The van der Waals surface area contributed by atoms with E-state index in [-0.39, 0.29) is 19.1 Å². The van der Waals surface area contributed by atoms with Crippen LogP contribution in [-0.2, 0) is 18.4 Å². The van der Waals surface area contributed by atoms with E-state index >= 15 is 0 Å². The number of amides is 1. The lowest BCUT2D eigenvalue weighted by Gasteiger charge is -2.29. The summed E-state index contributed by atoms with van der Waals surface area (Å²) < 4.78 is 23.0. The molecule has 0 fully saturated rings. The van der Waals surface area contributed by atoms with Crippen molar-refractivity contribution in [2.75, 3.05) is 40.9 Å². The van der Waals surface area contributed by atoms with Crippen molar-refractivity contribution < 1.29 is 32.9 Å². The van der Waals surface area contributed by atoms with Crippen LogP contribution in [0.3, 0.4) is 0 Å². The second kappa shape index (κ2) is 31.0. The molecule has 8 nitrogen and oxygen atoms in total. The highest BCUT2D eigenvalue weighted by molar-refractivity contribution is 7.45. The molecule has 0 aromatic carbocycles. The third-order valence-corrected chi connectivity index (χ3v) is 9.38. The van der Waals surface area contributed by atoms with Gasteiger partial charge in [-0.25, -0.2) is 0 Å². The van der Waals surface area contributed by atoms with Crippen LogP contribution in [-0.4, -0.2) is 68.5 Å². The Kier molecular flexibility index (Phi) is 30.3. The van der Waals surface area contributed by atoms with Gasteiger partial charge in [-0.05, 0) is 32.1 Å². The van der Waals surface area contributed by atoms with Gasteiger partial charge in [0.1, 0.15) is 13.2 Å². The van der Waals surface area contributed by atoms with Crippen molar-refractivity contribution in [3.8, 4) is 0 Å². The van der Waals surface area contributed by atoms with Crippen molar-refractivity contribution in [2.45, 2.75) is 174 Å². The highest BCUT2D eigenvalue weighted by Gasteiger charge is 2.23. The van der Waals surface area contributed by atoms with E-state index in [0.29, 0.717) is 17.4 Å². The van der Waals surface area contributed by atoms with Gasteiger partial charge < -0.3 is 28.8 Å². The summed E-state index contributed by atoms with van der Waals surface area (Å²) >= 11 is 0. The molecule has 1 amide bonds. The number of likely N-dealkylation sites (N-methyl/N-ethyl adjacent to an activating group) is 1. The highest BCUT2D eigenvalue weighted by Crippen LogP contribution is 2.38. The summed E-state index contributed by atoms with van der Waals surface area (Å²) in [6.45, 7) is 4.58. The topological polar surface area (TPSA) is 108 Å². The van der Waals surface area contributed by atoms with E-state index in [2.05, 4.69) is 31.3 Å². The second-order valence-electron chi connectivity index (χ2n) is 14.3. The predicted molar refractivity (Wildman–Crippen MR) is 196 cm³/mol. The van der Waals surface area contributed by atoms with Crippen LogP contribution in [0.5, 0.6) is 0 Å². The van der Waals surface area contributed by atoms with Gasteiger partial charge in [0.15, 0.2) is 0 Å². The first-order valence-electron chi connectivity index (χ1n) is 19.2. The van der Waals surface area contributed by atoms with Gasteiger partial charge in [0.25, 0.3) is 7.82 Å². The number of carbonyl (C=O) groups excluding carboxylic acids is 1. The molecular weight excluding hydrogens is 611 g/mol. The van der Waals surface area contributed by atoms with Gasteiger partial charge in [0, 0.05) is 6.42 Å². The minimum absolute atomic E-state index is 0.00478. The van der Waals surface area contributed by atoms with E-state index in [4.69, 9.17) is 9.05 Å². The first-order valence-corrected chi connectivity index (χ1v) is 20.7. The molecule has 0 aromatic rings. The molecule has 0 rings (SSSR count). The van der Waals surface area contributed by atoms with Crippen molar-refractivity contribution in [1.29, 1.82) is 0 Å². The standard InChI is InChI=1S/C38H75N2O6P/c1-6-8-10-12-14-16-18-20-22-24-26-28-30-32-38(42)39-36(35-46-47(43,44)45-34-33-40(3,4)5)37(41)31-29-27-25-23-21-19-17-15-13-11-9-7-2/h21,23,29,31,36-37,41H,6-20,22,24-28,30,32-35H2,1-5H3,(H-,39,42,43,44)/b23-21-,31-29+/t36-,37+/m0/s1. The fraction of sp³-hybridized carbons (Fsp3) is 0.868. The van der Waals surface area contributed by atoms with E-state index < -0.39 is 20.0 Å². The number of phosphoric acid groups is 1. The third-order valence-electron chi connectivity index (χ3n) is 8.41. The number of unbranched alkanes of at least 4 members (excludes halogenated alkanes) is 19. The van der Waals surface area contributed by atoms with Gasteiger partial charge in [0.05, 0.1) is 39.9 Å². The van der Waals surface area contributed by atoms with Crippen LogP contribution in [0.1, 0.15) is 162 Å². The number of rotatable bonds is 34. The zero-order valence-electron chi connectivity index (χ0n) is 31.2. The van der Waals surface area contributed by atoms with E-state index in [1.54, 1.807) is 6.08 Å². The van der Waals surface area contributed by atoms with Crippen LogP contribution >= 0.6 is 7.82 Å². The number of hydrogen-bond donors (Lipinski definition) is 2. The molecule has 47 heavy (non-hydrogen) atoms. The number of phosphoric ester groups is 1. The zero-order valence-corrected chi connectivity index (χ0v) is 32.1. The van der Waals surface area contributed by atoms with Crippen molar-refractivity contribution in [1.82, 2.24) is 5.32 Å². The van der Waals surface area contributed by atoms with Crippen molar-refractivity contribution in [3.05, 3.63) is 24.3 Å². The van der Waals surface area contributed by atoms with Crippen LogP contribution in [0.2, 0.25) is 0 Å². The number of allylic oxidation sites excluding steroid dienone is 3. The molecule has 0 aliphatic heterocycles. The molecule has 0 bridgehead atoms. The van der Waals surface area contributed by atoms with Crippen LogP contribution in [0, 0.1) is 0 Å². The SMILES string of the molecule is CCCCCCCC/C=C\CC/C=C/[C@@H](O)[C@H](COP(=O)([O-])OCC[N+](C)(C)C)NC(=O)CCCCCCCCCCCCCCC. The molecule has 278 valence electrons. The van der Waals surface area contributed by atoms with Gasteiger partial charge >= 0.3 is 0 Å². The minimum Gasteiger partial charge on any atom is -0.756 e. The summed E-state index contributed by atoms with van der Waals surface area (Å²) in [5.41, 5.74) is 0. The second-order valence-corrected chi connectivity index (χ2v) is 15.7. The van der Waals surface area contributed by atoms with Crippen LogP contribution < -0.4 is 10.2 Å². The monoisotopic (exact) mass is 687 g/mol. The Balaban J connectivity index is 4.58. The van der Waals surface area contributed by atoms with Gasteiger partial charge in [0.2, 0.25) is 5.91 Å². The minimum atomic E-state index is -4.58. The lowest BCUT2D eigenvalue weighted by molar-refractivity contribution is -0.870. The lowest BCUT2D eigenvalue weighted by atomic mass is 10.0. The first kappa shape index (κ1) is 46.0. The number of quaternary nitrogens is 1. The van der Waals surface area contributed by atoms with E-state index in [9.17, 15) is 19.4 Å². The van der Waals surface area contributed by atoms with Gasteiger partial charge in [-0.1, -0.05) is 147 Å². The molecular formula is C38H75N2O6P. The Morgan fingerprint density at radius 1 is 0.723 bits per heavy atom. The van der Waals surface area contributed by atoms with Crippen molar-refractivity contribution in [2.24, 2.45) is 0 Å². The number of nitrogens with one attached hydrogen (secondary N) is 1. The lowest BCUT2D eigenvalue weighted by Crippen LogP contribution is -2.45. The van der Waals surface area contributed by atoms with E-state index in [1.165, 1.54) is 103 Å². The van der Waals surface area contributed by atoms with Gasteiger partial charge in [-0.2, -0.15) is 0 Å².